The van der Waals surface area contributed by atoms with Crippen molar-refractivity contribution < 1.29 is 8.42 Å². The zero-order valence-corrected chi connectivity index (χ0v) is 9.41. The molecule has 0 spiro atoms. The Balaban J connectivity index is 2.93. The summed E-state index contributed by atoms with van der Waals surface area (Å²) in [5.74, 6) is 0.254. The first-order valence-corrected chi connectivity index (χ1v) is 6.49. The second kappa shape index (κ2) is 2.75. The fourth-order valence-corrected chi connectivity index (χ4v) is 5.68. The van der Waals surface area contributed by atoms with Gasteiger partial charge in [-0.05, 0) is 6.92 Å². The molecule has 1 saturated heterocycles. The molecular formula is C5H8Br2O2S. The second-order valence-corrected chi connectivity index (χ2v) is 7.13. The van der Waals surface area contributed by atoms with E-state index >= 15 is 0 Å². The molecule has 0 aromatic rings. The van der Waals surface area contributed by atoms with Crippen molar-refractivity contribution in [1.29, 1.82) is 0 Å². The van der Waals surface area contributed by atoms with Gasteiger partial charge in [-0.15, -0.1) is 0 Å². The van der Waals surface area contributed by atoms with Crippen molar-refractivity contribution in [3.05, 3.63) is 0 Å². The molecule has 2 nitrogen and oxygen atoms in total. The summed E-state index contributed by atoms with van der Waals surface area (Å²) in [6, 6.07) is 0. The summed E-state index contributed by atoms with van der Waals surface area (Å²) in [6.07, 6.45) is 0. The van der Waals surface area contributed by atoms with E-state index in [1.165, 1.54) is 0 Å². The molecule has 1 rings (SSSR count). The van der Waals surface area contributed by atoms with Crippen molar-refractivity contribution in [1.82, 2.24) is 0 Å². The third-order valence-electron chi connectivity index (χ3n) is 1.75. The predicted octanol–water partition coefficient (Wildman–Crippen LogP) is 1.33. The number of sulfone groups is 1. The van der Waals surface area contributed by atoms with E-state index in [1.807, 2.05) is 0 Å². The first kappa shape index (κ1) is 9.00. The zero-order valence-electron chi connectivity index (χ0n) is 5.42. The van der Waals surface area contributed by atoms with E-state index < -0.39 is 9.84 Å². The zero-order chi connectivity index (χ0) is 7.94. The summed E-state index contributed by atoms with van der Waals surface area (Å²) < 4.78 is 22.2. The Kier molecular flexibility index (Phi) is 2.48. The number of hydrogen-bond acceptors (Lipinski definition) is 2. The van der Waals surface area contributed by atoms with Gasteiger partial charge < -0.3 is 0 Å². The summed E-state index contributed by atoms with van der Waals surface area (Å²) in [5, 5.41) is -0.253. The van der Waals surface area contributed by atoms with Gasteiger partial charge in [0.25, 0.3) is 0 Å². The molecule has 0 aromatic carbocycles. The minimum Gasteiger partial charge on any atom is -0.228 e. The Morgan fingerprint density at radius 2 is 1.90 bits per heavy atom. The first-order valence-electron chi connectivity index (χ1n) is 2.95. The van der Waals surface area contributed by atoms with Crippen LogP contribution < -0.4 is 0 Å². The van der Waals surface area contributed by atoms with Crippen LogP contribution >= 0.6 is 31.9 Å². The molecule has 0 N–H and O–H groups in total. The maximum absolute atomic E-state index is 11.1. The summed E-state index contributed by atoms with van der Waals surface area (Å²) in [4.78, 5) is 0.144. The number of hydrogen-bond donors (Lipinski definition) is 0. The fraction of sp³-hybridized carbons (Fsp3) is 1.00. The maximum atomic E-state index is 11.1. The molecule has 0 aliphatic carbocycles. The lowest BCUT2D eigenvalue weighted by Crippen LogP contribution is -2.19. The van der Waals surface area contributed by atoms with E-state index in [4.69, 9.17) is 0 Å². The lowest BCUT2D eigenvalue weighted by atomic mass is 10.3. The number of halogens is 2. The van der Waals surface area contributed by atoms with Crippen LogP contribution in [0.3, 0.4) is 0 Å². The first-order chi connectivity index (χ1) is 4.45. The van der Waals surface area contributed by atoms with Crippen molar-refractivity contribution in [2.75, 3.05) is 5.75 Å². The van der Waals surface area contributed by atoms with E-state index in [0.717, 1.165) is 0 Å². The summed E-state index contributed by atoms with van der Waals surface area (Å²) in [6.45, 7) is 1.73. The van der Waals surface area contributed by atoms with E-state index in [0.29, 0.717) is 0 Å². The topological polar surface area (TPSA) is 34.1 Å². The minimum atomic E-state index is -2.82. The fourth-order valence-electron chi connectivity index (χ4n) is 0.958. The van der Waals surface area contributed by atoms with Crippen LogP contribution in [-0.4, -0.2) is 29.1 Å². The molecule has 3 atom stereocenters. The van der Waals surface area contributed by atoms with Gasteiger partial charge in [-0.25, -0.2) is 8.42 Å². The normalized spacial score (nSPS) is 45.7. The standard InChI is InChI=1S/C5H8Br2O2S/c1-3-5(7)4(6)2-10(3,8)9/h3-5H,2H2,1H3/t3-,4-,5-/m0/s1. The Morgan fingerprint density at radius 3 is 2.00 bits per heavy atom. The minimum absolute atomic E-state index is 0.0671. The van der Waals surface area contributed by atoms with Gasteiger partial charge in [0.15, 0.2) is 9.84 Å². The molecule has 0 aromatic heterocycles. The van der Waals surface area contributed by atoms with Crippen molar-refractivity contribution in [2.24, 2.45) is 0 Å². The van der Waals surface area contributed by atoms with E-state index in [-0.39, 0.29) is 20.7 Å². The molecule has 10 heavy (non-hydrogen) atoms. The summed E-state index contributed by atoms with van der Waals surface area (Å²) >= 11 is 6.61. The molecule has 60 valence electrons. The lowest BCUT2D eigenvalue weighted by Gasteiger charge is -2.06. The highest BCUT2D eigenvalue weighted by molar-refractivity contribution is 9.12. The highest BCUT2D eigenvalue weighted by Gasteiger charge is 2.41. The van der Waals surface area contributed by atoms with Crippen LogP contribution in [0.1, 0.15) is 6.92 Å². The molecule has 0 radical (unpaired) electrons. The molecule has 0 unspecified atom stereocenters. The third kappa shape index (κ3) is 1.41. The monoisotopic (exact) mass is 290 g/mol. The Morgan fingerprint density at radius 1 is 1.40 bits per heavy atom. The van der Waals surface area contributed by atoms with E-state index in [9.17, 15) is 8.42 Å². The van der Waals surface area contributed by atoms with Crippen LogP contribution in [0.5, 0.6) is 0 Å². The number of alkyl halides is 2. The van der Waals surface area contributed by atoms with Crippen LogP contribution in [0.4, 0.5) is 0 Å². The van der Waals surface area contributed by atoms with Gasteiger partial charge in [-0.3, -0.25) is 0 Å². The third-order valence-corrected chi connectivity index (χ3v) is 7.81. The van der Waals surface area contributed by atoms with Gasteiger partial charge in [0.2, 0.25) is 0 Å². The van der Waals surface area contributed by atoms with Gasteiger partial charge in [0.05, 0.1) is 11.0 Å². The van der Waals surface area contributed by atoms with Crippen molar-refractivity contribution in [2.45, 2.75) is 21.8 Å². The number of rotatable bonds is 0. The average molecular weight is 292 g/mol. The molecule has 1 aliphatic heterocycles. The molecular weight excluding hydrogens is 284 g/mol. The molecule has 0 bridgehead atoms. The van der Waals surface area contributed by atoms with E-state index in [2.05, 4.69) is 31.9 Å². The molecule has 1 heterocycles. The smallest absolute Gasteiger partial charge is 0.155 e. The van der Waals surface area contributed by atoms with Crippen LogP contribution in [-0.2, 0) is 9.84 Å². The second-order valence-electron chi connectivity index (χ2n) is 2.50. The quantitative estimate of drug-likeness (QED) is 0.631. The predicted molar refractivity (Wildman–Crippen MR) is 48.7 cm³/mol. The van der Waals surface area contributed by atoms with Crippen molar-refractivity contribution in [3.63, 3.8) is 0 Å². The summed E-state index contributed by atoms with van der Waals surface area (Å²) in [5.41, 5.74) is 0. The Hall–Kier alpha value is 0.910. The Labute approximate surface area is 77.6 Å². The van der Waals surface area contributed by atoms with Crippen LogP contribution in [0.25, 0.3) is 0 Å². The van der Waals surface area contributed by atoms with Gasteiger partial charge in [0, 0.05) is 9.65 Å². The van der Waals surface area contributed by atoms with Crippen LogP contribution in [0.15, 0.2) is 0 Å². The SMILES string of the molecule is C[C@H]1[C@H](Br)[C@@H](Br)CS1(=O)=O. The van der Waals surface area contributed by atoms with Crippen molar-refractivity contribution in [3.8, 4) is 0 Å². The van der Waals surface area contributed by atoms with Crippen LogP contribution in [0.2, 0.25) is 0 Å². The largest absolute Gasteiger partial charge is 0.228 e. The molecule has 0 amide bonds. The van der Waals surface area contributed by atoms with Gasteiger partial charge >= 0.3 is 0 Å². The molecule has 0 saturated carbocycles. The highest BCUT2D eigenvalue weighted by Crippen LogP contribution is 2.31. The van der Waals surface area contributed by atoms with Crippen LogP contribution in [0, 0.1) is 0 Å². The molecule has 1 fully saturated rings. The lowest BCUT2D eigenvalue weighted by molar-refractivity contribution is 0.594. The average Bonchev–Trinajstić information content (AvgIpc) is 1.95. The maximum Gasteiger partial charge on any atom is 0.155 e. The summed E-state index contributed by atoms with van der Waals surface area (Å²) in [7, 11) is -2.82. The molecule has 5 heteroatoms. The van der Waals surface area contributed by atoms with Gasteiger partial charge in [-0.1, -0.05) is 31.9 Å². The van der Waals surface area contributed by atoms with E-state index in [1.54, 1.807) is 6.92 Å². The Bertz CT molecular complexity index is 224. The van der Waals surface area contributed by atoms with Crippen molar-refractivity contribution >= 4 is 41.7 Å². The van der Waals surface area contributed by atoms with Gasteiger partial charge in [0.1, 0.15) is 0 Å². The van der Waals surface area contributed by atoms with Gasteiger partial charge in [-0.2, -0.15) is 0 Å². The highest BCUT2D eigenvalue weighted by atomic mass is 79.9. The molecule has 1 aliphatic rings.